The second-order valence-corrected chi connectivity index (χ2v) is 6.36. The first-order chi connectivity index (χ1) is 7.65. The Kier molecular flexibility index (Phi) is 6.60. The van der Waals surface area contributed by atoms with Gasteiger partial charge in [0.05, 0.1) is 0 Å². The number of benzene rings is 1. The van der Waals surface area contributed by atoms with E-state index in [1.165, 1.54) is 18.4 Å². The van der Waals surface area contributed by atoms with Crippen LogP contribution in [0.2, 0.25) is 0 Å². The zero-order valence-electron chi connectivity index (χ0n) is 9.48. The molecular weight excluding hydrogens is 396 g/mol. The molecule has 0 aliphatic heterocycles. The molecule has 90 valence electrons. The number of alkyl halides is 2. The summed E-state index contributed by atoms with van der Waals surface area (Å²) in [6.45, 7) is 2.25. The molecule has 0 bridgehead atoms. The van der Waals surface area contributed by atoms with E-state index in [1.807, 2.05) is 0 Å². The number of rotatable bonds is 6. The van der Waals surface area contributed by atoms with Crippen LogP contribution in [-0.2, 0) is 6.42 Å². The van der Waals surface area contributed by atoms with Crippen molar-refractivity contribution < 1.29 is 0 Å². The second kappa shape index (κ2) is 7.17. The minimum absolute atomic E-state index is 0.350. The third kappa shape index (κ3) is 4.15. The Morgan fingerprint density at radius 1 is 1.06 bits per heavy atom. The zero-order chi connectivity index (χ0) is 12.0. The minimum Gasteiger partial charge on any atom is -0.0922 e. The molecule has 0 fully saturated rings. The topological polar surface area (TPSA) is 0 Å². The highest BCUT2D eigenvalue weighted by molar-refractivity contribution is 9.10. The molecule has 1 rings (SSSR count). The largest absolute Gasteiger partial charge is 0.0922 e. The molecule has 0 amide bonds. The van der Waals surface area contributed by atoms with E-state index in [-0.39, 0.29) is 0 Å². The molecule has 0 aliphatic carbocycles. The van der Waals surface area contributed by atoms with Crippen molar-refractivity contribution >= 4 is 47.8 Å². The van der Waals surface area contributed by atoms with Crippen LogP contribution in [-0.4, -0.2) is 10.7 Å². The lowest BCUT2D eigenvalue weighted by atomic mass is 9.82. The molecule has 0 unspecified atom stereocenters. The third-order valence-electron chi connectivity index (χ3n) is 2.84. The van der Waals surface area contributed by atoms with Gasteiger partial charge in [-0.1, -0.05) is 73.3 Å². The monoisotopic (exact) mass is 410 g/mol. The Morgan fingerprint density at radius 2 is 1.62 bits per heavy atom. The van der Waals surface area contributed by atoms with Gasteiger partial charge in [-0.3, -0.25) is 0 Å². The van der Waals surface area contributed by atoms with Gasteiger partial charge in [0.15, 0.2) is 0 Å². The van der Waals surface area contributed by atoms with Crippen molar-refractivity contribution in [3.8, 4) is 0 Å². The van der Waals surface area contributed by atoms with Crippen molar-refractivity contribution in [1.29, 1.82) is 0 Å². The minimum atomic E-state index is 0.350. The Bertz CT molecular complexity index is 301. The molecular formula is C13H17Br3. The Labute approximate surface area is 124 Å². The highest BCUT2D eigenvalue weighted by Crippen LogP contribution is 2.33. The maximum atomic E-state index is 3.67. The van der Waals surface area contributed by atoms with E-state index in [2.05, 4.69) is 79.0 Å². The number of halogens is 3. The molecule has 0 nitrogen and oxygen atoms in total. The van der Waals surface area contributed by atoms with E-state index in [9.17, 15) is 0 Å². The molecule has 0 heterocycles. The number of hydrogen-bond donors (Lipinski definition) is 0. The fourth-order valence-electron chi connectivity index (χ4n) is 1.92. The predicted octanol–water partition coefficient (Wildman–Crippen LogP) is 5.57. The van der Waals surface area contributed by atoms with Crippen molar-refractivity contribution in [2.75, 3.05) is 10.7 Å². The standard InChI is InChI=1S/C13H17Br3/c1-2-7-13(9-14,10-15)8-11-3-5-12(16)6-4-11/h3-6H,2,7-10H2,1H3. The van der Waals surface area contributed by atoms with Crippen LogP contribution in [0.25, 0.3) is 0 Å². The predicted molar refractivity (Wildman–Crippen MR) is 82.8 cm³/mol. The van der Waals surface area contributed by atoms with Gasteiger partial charge in [-0.2, -0.15) is 0 Å². The molecule has 1 aromatic rings. The first-order valence-electron chi connectivity index (χ1n) is 5.52. The fourth-order valence-corrected chi connectivity index (χ4v) is 4.07. The lowest BCUT2D eigenvalue weighted by Crippen LogP contribution is -2.27. The van der Waals surface area contributed by atoms with Crippen molar-refractivity contribution in [1.82, 2.24) is 0 Å². The summed E-state index contributed by atoms with van der Waals surface area (Å²) in [4.78, 5) is 0. The highest BCUT2D eigenvalue weighted by Gasteiger charge is 2.27. The lowest BCUT2D eigenvalue weighted by Gasteiger charge is -2.30. The van der Waals surface area contributed by atoms with E-state index in [1.54, 1.807) is 0 Å². The SMILES string of the molecule is CCCC(CBr)(CBr)Cc1ccc(Br)cc1. The van der Waals surface area contributed by atoms with Crippen LogP contribution < -0.4 is 0 Å². The summed E-state index contributed by atoms with van der Waals surface area (Å²) in [5.74, 6) is 0. The summed E-state index contributed by atoms with van der Waals surface area (Å²) in [7, 11) is 0. The fraction of sp³-hybridized carbons (Fsp3) is 0.538. The average molecular weight is 413 g/mol. The smallest absolute Gasteiger partial charge is 0.0175 e. The van der Waals surface area contributed by atoms with Crippen LogP contribution in [0.1, 0.15) is 25.3 Å². The molecule has 0 atom stereocenters. The van der Waals surface area contributed by atoms with Gasteiger partial charge in [0.25, 0.3) is 0 Å². The van der Waals surface area contributed by atoms with Gasteiger partial charge in [-0.05, 0) is 36.0 Å². The van der Waals surface area contributed by atoms with Crippen LogP contribution in [0.4, 0.5) is 0 Å². The third-order valence-corrected chi connectivity index (χ3v) is 5.75. The van der Waals surface area contributed by atoms with Crippen molar-refractivity contribution in [2.24, 2.45) is 5.41 Å². The van der Waals surface area contributed by atoms with E-state index in [0.29, 0.717) is 5.41 Å². The van der Waals surface area contributed by atoms with Crippen LogP contribution in [0, 0.1) is 5.41 Å². The van der Waals surface area contributed by atoms with Crippen molar-refractivity contribution in [3.05, 3.63) is 34.3 Å². The van der Waals surface area contributed by atoms with Gasteiger partial charge in [-0.15, -0.1) is 0 Å². The average Bonchev–Trinajstić information content (AvgIpc) is 2.31. The quantitative estimate of drug-likeness (QED) is 0.536. The van der Waals surface area contributed by atoms with Gasteiger partial charge in [0.1, 0.15) is 0 Å². The van der Waals surface area contributed by atoms with Gasteiger partial charge < -0.3 is 0 Å². The van der Waals surface area contributed by atoms with Crippen LogP contribution in [0.15, 0.2) is 28.7 Å². The second-order valence-electron chi connectivity index (χ2n) is 4.32. The zero-order valence-corrected chi connectivity index (χ0v) is 14.2. The first-order valence-corrected chi connectivity index (χ1v) is 8.56. The number of hydrogen-bond acceptors (Lipinski definition) is 0. The molecule has 16 heavy (non-hydrogen) atoms. The molecule has 0 spiro atoms. The van der Waals surface area contributed by atoms with Gasteiger partial charge in [-0.25, -0.2) is 0 Å². The summed E-state index contributed by atoms with van der Waals surface area (Å²) in [6.07, 6.45) is 3.61. The van der Waals surface area contributed by atoms with Gasteiger partial charge in [0, 0.05) is 15.1 Å². The summed E-state index contributed by atoms with van der Waals surface area (Å²) < 4.78 is 1.15. The summed E-state index contributed by atoms with van der Waals surface area (Å²) in [5.41, 5.74) is 1.76. The molecule has 3 heteroatoms. The van der Waals surface area contributed by atoms with Gasteiger partial charge >= 0.3 is 0 Å². The summed E-state index contributed by atoms with van der Waals surface area (Å²) >= 11 is 10.8. The Hall–Kier alpha value is 0.660. The van der Waals surface area contributed by atoms with E-state index >= 15 is 0 Å². The molecule has 0 saturated heterocycles. The highest BCUT2D eigenvalue weighted by atomic mass is 79.9. The van der Waals surface area contributed by atoms with Crippen LogP contribution >= 0.6 is 47.8 Å². The van der Waals surface area contributed by atoms with E-state index < -0.39 is 0 Å². The molecule has 0 N–H and O–H groups in total. The van der Waals surface area contributed by atoms with E-state index in [0.717, 1.165) is 21.6 Å². The lowest BCUT2D eigenvalue weighted by molar-refractivity contribution is 0.352. The first kappa shape index (κ1) is 14.7. The molecule has 0 radical (unpaired) electrons. The molecule has 0 saturated carbocycles. The van der Waals surface area contributed by atoms with Crippen molar-refractivity contribution in [2.45, 2.75) is 26.2 Å². The maximum Gasteiger partial charge on any atom is 0.0175 e. The van der Waals surface area contributed by atoms with Crippen LogP contribution in [0.5, 0.6) is 0 Å². The molecule has 0 aromatic heterocycles. The normalized spacial score (nSPS) is 11.8. The summed E-state index contributed by atoms with van der Waals surface area (Å²) in [6, 6.07) is 8.66. The van der Waals surface area contributed by atoms with Crippen LogP contribution in [0.3, 0.4) is 0 Å². The molecule has 0 aliphatic rings. The van der Waals surface area contributed by atoms with Crippen molar-refractivity contribution in [3.63, 3.8) is 0 Å². The Morgan fingerprint density at radius 3 is 2.06 bits per heavy atom. The van der Waals surface area contributed by atoms with Gasteiger partial charge in [0.2, 0.25) is 0 Å². The summed E-state index contributed by atoms with van der Waals surface area (Å²) in [5, 5.41) is 2.10. The maximum absolute atomic E-state index is 3.67. The molecule has 1 aromatic carbocycles. The van der Waals surface area contributed by atoms with E-state index in [4.69, 9.17) is 0 Å². The Balaban J connectivity index is 2.78.